The Balaban J connectivity index is 2.19. The van der Waals surface area contributed by atoms with Crippen molar-refractivity contribution in [3.8, 4) is 11.5 Å². The van der Waals surface area contributed by atoms with E-state index in [1.165, 1.54) is 24.1 Å². The van der Waals surface area contributed by atoms with E-state index in [9.17, 15) is 23.3 Å². The van der Waals surface area contributed by atoms with E-state index in [0.717, 1.165) is 12.3 Å². The Bertz CT molecular complexity index is 1070. The predicted octanol–water partition coefficient (Wildman–Crippen LogP) is 2.87. The molecule has 0 aliphatic rings. The number of hydrogen-bond donors (Lipinski definition) is 1. The minimum Gasteiger partial charge on any atom is -0.490 e. The molecule has 1 N–H and O–H groups in total. The summed E-state index contributed by atoms with van der Waals surface area (Å²) in [5.74, 6) is 0.624. The third-order valence-electron chi connectivity index (χ3n) is 4.19. The van der Waals surface area contributed by atoms with Gasteiger partial charge >= 0.3 is 0 Å². The highest BCUT2D eigenvalue weighted by atomic mass is 32.2. The largest absolute Gasteiger partial charge is 0.490 e. The number of nitro benzene ring substituents is 1. The van der Waals surface area contributed by atoms with Crippen LogP contribution in [0.2, 0.25) is 0 Å². The molecule has 0 bridgehead atoms. The third-order valence-corrected chi connectivity index (χ3v) is 5.30. The van der Waals surface area contributed by atoms with Crippen molar-refractivity contribution in [2.24, 2.45) is 0 Å². The molecule has 0 aromatic heterocycles. The number of amides is 1. The van der Waals surface area contributed by atoms with Crippen molar-refractivity contribution in [3.63, 3.8) is 0 Å². The van der Waals surface area contributed by atoms with Crippen LogP contribution in [0, 0.1) is 10.1 Å². The number of sulfone groups is 1. The standard InChI is InChI=1S/C20H25N3O7S/c1-5-29-18-10-7-14(11-19(18)30-6-2)21-20(24)13-22(3)16-9-8-15(31(4,27)28)12-17(16)23(25)26/h7-12H,5-6,13H2,1-4H3,(H,21,24). The Labute approximate surface area is 180 Å². The number of benzene rings is 2. The van der Waals surface area contributed by atoms with Crippen LogP contribution in [0.1, 0.15) is 13.8 Å². The lowest BCUT2D eigenvalue weighted by molar-refractivity contribution is -0.384. The summed E-state index contributed by atoms with van der Waals surface area (Å²) >= 11 is 0. The summed E-state index contributed by atoms with van der Waals surface area (Å²) in [5.41, 5.74) is 0.194. The van der Waals surface area contributed by atoms with Crippen LogP contribution in [-0.4, -0.2) is 52.3 Å². The van der Waals surface area contributed by atoms with Crippen molar-refractivity contribution in [2.75, 3.05) is 43.3 Å². The van der Waals surface area contributed by atoms with Crippen molar-refractivity contribution in [1.82, 2.24) is 0 Å². The van der Waals surface area contributed by atoms with E-state index in [1.807, 2.05) is 13.8 Å². The number of rotatable bonds is 10. The molecule has 0 unspecified atom stereocenters. The first-order chi connectivity index (χ1) is 14.6. The average Bonchev–Trinajstić information content (AvgIpc) is 2.69. The van der Waals surface area contributed by atoms with Gasteiger partial charge in [0.15, 0.2) is 21.3 Å². The molecule has 0 atom stereocenters. The zero-order valence-electron chi connectivity index (χ0n) is 17.7. The van der Waals surface area contributed by atoms with Gasteiger partial charge in [-0.3, -0.25) is 14.9 Å². The summed E-state index contributed by atoms with van der Waals surface area (Å²) in [5, 5.41) is 14.1. The van der Waals surface area contributed by atoms with E-state index in [-0.39, 0.29) is 17.1 Å². The van der Waals surface area contributed by atoms with Gasteiger partial charge in [0.25, 0.3) is 5.69 Å². The second-order valence-electron chi connectivity index (χ2n) is 6.61. The summed E-state index contributed by atoms with van der Waals surface area (Å²) in [4.78, 5) is 24.4. The molecule has 168 valence electrons. The number of hydrogen-bond acceptors (Lipinski definition) is 8. The molecule has 0 saturated carbocycles. The molecule has 2 aromatic carbocycles. The van der Waals surface area contributed by atoms with Crippen molar-refractivity contribution < 1.29 is 27.6 Å². The normalized spacial score (nSPS) is 11.0. The van der Waals surface area contributed by atoms with Gasteiger partial charge in [0.05, 0.1) is 29.6 Å². The Morgan fingerprint density at radius 3 is 2.32 bits per heavy atom. The Morgan fingerprint density at radius 2 is 1.74 bits per heavy atom. The topological polar surface area (TPSA) is 128 Å². The quantitative estimate of drug-likeness (QED) is 0.431. The van der Waals surface area contributed by atoms with Gasteiger partial charge in [-0.25, -0.2) is 8.42 Å². The second-order valence-corrected chi connectivity index (χ2v) is 8.63. The first kappa shape index (κ1) is 23.9. The van der Waals surface area contributed by atoms with Crippen LogP contribution in [0.25, 0.3) is 0 Å². The summed E-state index contributed by atoms with van der Waals surface area (Å²) in [6.45, 7) is 4.37. The summed E-state index contributed by atoms with van der Waals surface area (Å²) in [7, 11) is -2.10. The molecule has 2 aromatic rings. The molecule has 0 aliphatic heterocycles. The first-order valence-corrected chi connectivity index (χ1v) is 11.3. The van der Waals surface area contributed by atoms with Gasteiger partial charge in [0.1, 0.15) is 5.69 Å². The molecule has 0 fully saturated rings. The van der Waals surface area contributed by atoms with E-state index in [2.05, 4.69) is 5.32 Å². The molecule has 11 heteroatoms. The fraction of sp³-hybridized carbons (Fsp3) is 0.350. The number of nitrogens with zero attached hydrogens (tertiary/aromatic N) is 2. The maximum Gasteiger partial charge on any atom is 0.293 e. The van der Waals surface area contributed by atoms with Crippen molar-refractivity contribution in [3.05, 3.63) is 46.5 Å². The van der Waals surface area contributed by atoms with E-state index >= 15 is 0 Å². The van der Waals surface area contributed by atoms with Crippen LogP contribution in [0.3, 0.4) is 0 Å². The van der Waals surface area contributed by atoms with Crippen LogP contribution in [0.15, 0.2) is 41.3 Å². The van der Waals surface area contributed by atoms with E-state index in [4.69, 9.17) is 9.47 Å². The smallest absolute Gasteiger partial charge is 0.293 e. The zero-order valence-corrected chi connectivity index (χ0v) is 18.6. The number of likely N-dealkylation sites (N-methyl/N-ethyl adjacent to an activating group) is 1. The Hall–Kier alpha value is -3.34. The molecule has 2 rings (SSSR count). The van der Waals surface area contributed by atoms with Crippen molar-refractivity contribution >= 4 is 32.8 Å². The second kappa shape index (κ2) is 10.1. The van der Waals surface area contributed by atoms with Crippen molar-refractivity contribution in [2.45, 2.75) is 18.7 Å². The summed E-state index contributed by atoms with van der Waals surface area (Å²) < 4.78 is 34.4. The lowest BCUT2D eigenvalue weighted by Crippen LogP contribution is -2.30. The molecular formula is C20H25N3O7S. The van der Waals surface area contributed by atoms with Crippen LogP contribution >= 0.6 is 0 Å². The molecule has 0 saturated heterocycles. The lowest BCUT2D eigenvalue weighted by Gasteiger charge is -2.19. The van der Waals surface area contributed by atoms with Crippen LogP contribution in [-0.2, 0) is 14.6 Å². The van der Waals surface area contributed by atoms with E-state index in [1.54, 1.807) is 18.2 Å². The van der Waals surface area contributed by atoms with Crippen LogP contribution in [0.5, 0.6) is 11.5 Å². The highest BCUT2D eigenvalue weighted by molar-refractivity contribution is 7.90. The summed E-state index contributed by atoms with van der Waals surface area (Å²) in [6.07, 6.45) is 0.968. The van der Waals surface area contributed by atoms with Gasteiger partial charge in [0.2, 0.25) is 5.91 Å². The van der Waals surface area contributed by atoms with Gasteiger partial charge in [-0.1, -0.05) is 0 Å². The number of carbonyl (C=O) groups is 1. The minimum absolute atomic E-state index is 0.120. The monoisotopic (exact) mass is 451 g/mol. The maximum absolute atomic E-state index is 12.5. The van der Waals surface area contributed by atoms with E-state index < -0.39 is 26.4 Å². The van der Waals surface area contributed by atoms with Gasteiger partial charge in [-0.15, -0.1) is 0 Å². The highest BCUT2D eigenvalue weighted by Gasteiger charge is 2.22. The fourth-order valence-corrected chi connectivity index (χ4v) is 3.47. The number of carbonyl (C=O) groups excluding carboxylic acids is 1. The van der Waals surface area contributed by atoms with Gasteiger partial charge < -0.3 is 19.7 Å². The molecule has 10 nitrogen and oxygen atoms in total. The zero-order chi connectivity index (χ0) is 23.2. The Morgan fingerprint density at radius 1 is 1.10 bits per heavy atom. The SMILES string of the molecule is CCOc1ccc(NC(=O)CN(C)c2ccc(S(C)(=O)=O)cc2[N+](=O)[O-])cc1OCC. The highest BCUT2D eigenvalue weighted by Crippen LogP contribution is 2.32. The molecule has 0 radical (unpaired) electrons. The fourth-order valence-electron chi connectivity index (χ4n) is 2.83. The number of nitro groups is 1. The third kappa shape index (κ3) is 6.32. The number of anilines is 2. The predicted molar refractivity (Wildman–Crippen MR) is 117 cm³/mol. The van der Waals surface area contributed by atoms with Crippen molar-refractivity contribution in [1.29, 1.82) is 0 Å². The number of nitrogens with one attached hydrogen (secondary N) is 1. The molecular weight excluding hydrogens is 426 g/mol. The average molecular weight is 452 g/mol. The maximum atomic E-state index is 12.5. The molecule has 1 amide bonds. The van der Waals surface area contributed by atoms with Gasteiger partial charge in [-0.2, -0.15) is 0 Å². The molecule has 0 spiro atoms. The molecule has 0 heterocycles. The van der Waals surface area contributed by atoms with Gasteiger partial charge in [0, 0.05) is 31.1 Å². The minimum atomic E-state index is -3.61. The van der Waals surface area contributed by atoms with Crippen LogP contribution < -0.4 is 19.7 Å². The van der Waals surface area contributed by atoms with Gasteiger partial charge in [-0.05, 0) is 38.1 Å². The first-order valence-electron chi connectivity index (χ1n) is 9.46. The summed E-state index contributed by atoms with van der Waals surface area (Å²) in [6, 6.07) is 8.55. The van der Waals surface area contributed by atoms with E-state index in [0.29, 0.717) is 30.4 Å². The van der Waals surface area contributed by atoms with Crippen LogP contribution in [0.4, 0.5) is 17.1 Å². The molecule has 31 heavy (non-hydrogen) atoms. The molecule has 0 aliphatic carbocycles. The Kier molecular flexibility index (Phi) is 7.81. The lowest BCUT2D eigenvalue weighted by atomic mass is 10.2. The number of ether oxygens (including phenoxy) is 2.